The monoisotopic (exact) mass is 302 g/mol. The van der Waals surface area contributed by atoms with Crippen molar-refractivity contribution in [2.24, 2.45) is 5.92 Å². The number of halogens is 3. The molecule has 1 aromatic carbocycles. The molecule has 1 amide bonds. The van der Waals surface area contributed by atoms with Gasteiger partial charge >= 0.3 is 6.18 Å². The van der Waals surface area contributed by atoms with Gasteiger partial charge in [-0.1, -0.05) is 0 Å². The van der Waals surface area contributed by atoms with Crippen molar-refractivity contribution in [2.45, 2.75) is 19.0 Å². The first kappa shape index (κ1) is 15.5. The number of piperidine rings is 1. The number of ether oxygens (including phenoxy) is 1. The third kappa shape index (κ3) is 4.27. The van der Waals surface area contributed by atoms with Crippen LogP contribution in [0.15, 0.2) is 24.3 Å². The maximum atomic E-state index is 12.7. The Kier molecular flexibility index (Phi) is 4.59. The van der Waals surface area contributed by atoms with Gasteiger partial charge in [0.15, 0.2) is 6.61 Å². The van der Waals surface area contributed by atoms with E-state index in [0.29, 0.717) is 24.4 Å². The molecule has 1 heterocycles. The molecule has 0 saturated carbocycles. The number of likely N-dealkylation sites (tertiary alicyclic amines) is 1. The molecule has 1 fully saturated rings. The van der Waals surface area contributed by atoms with Crippen molar-refractivity contribution in [2.75, 3.05) is 25.4 Å². The summed E-state index contributed by atoms with van der Waals surface area (Å²) in [6, 6.07) is 6.47. The number of hydrogen-bond donors (Lipinski definition) is 1. The van der Waals surface area contributed by atoms with Gasteiger partial charge in [0.25, 0.3) is 5.91 Å². The molecule has 0 radical (unpaired) electrons. The Morgan fingerprint density at radius 1 is 1.33 bits per heavy atom. The summed E-state index contributed by atoms with van der Waals surface area (Å²) in [6.45, 7) is -0.210. The molecule has 0 bridgehead atoms. The predicted molar refractivity (Wildman–Crippen MR) is 71.7 cm³/mol. The summed E-state index contributed by atoms with van der Waals surface area (Å²) in [6.07, 6.45) is -3.82. The topological polar surface area (TPSA) is 55.6 Å². The third-order valence-corrected chi connectivity index (χ3v) is 3.48. The van der Waals surface area contributed by atoms with Gasteiger partial charge in [0.1, 0.15) is 5.75 Å². The predicted octanol–water partition coefficient (Wildman–Crippen LogP) is 2.45. The molecule has 0 aromatic heterocycles. The molecule has 0 spiro atoms. The first-order valence-electron chi connectivity index (χ1n) is 6.69. The maximum Gasteiger partial charge on any atom is 0.393 e. The third-order valence-electron chi connectivity index (χ3n) is 3.48. The summed E-state index contributed by atoms with van der Waals surface area (Å²) in [5.41, 5.74) is 6.09. The molecule has 4 nitrogen and oxygen atoms in total. The number of carbonyl (C=O) groups is 1. The van der Waals surface area contributed by atoms with Crippen LogP contribution in [0.25, 0.3) is 0 Å². The number of nitrogen functional groups attached to an aromatic ring is 1. The lowest BCUT2D eigenvalue weighted by Crippen LogP contribution is -2.46. The van der Waals surface area contributed by atoms with E-state index < -0.39 is 18.0 Å². The second kappa shape index (κ2) is 6.24. The Hall–Kier alpha value is -1.92. The van der Waals surface area contributed by atoms with Crippen molar-refractivity contribution in [1.82, 2.24) is 4.90 Å². The van der Waals surface area contributed by atoms with Gasteiger partial charge in [-0.3, -0.25) is 4.79 Å². The Balaban J connectivity index is 1.86. The van der Waals surface area contributed by atoms with E-state index in [1.807, 2.05) is 0 Å². The van der Waals surface area contributed by atoms with E-state index in [2.05, 4.69) is 0 Å². The van der Waals surface area contributed by atoms with Gasteiger partial charge in [-0.25, -0.2) is 0 Å². The van der Waals surface area contributed by atoms with Gasteiger partial charge < -0.3 is 15.4 Å². The fourth-order valence-electron chi connectivity index (χ4n) is 2.27. The van der Waals surface area contributed by atoms with Gasteiger partial charge in [-0.05, 0) is 37.1 Å². The zero-order valence-corrected chi connectivity index (χ0v) is 11.4. The number of benzene rings is 1. The highest BCUT2D eigenvalue weighted by Gasteiger charge is 2.42. The molecular weight excluding hydrogens is 285 g/mol. The smallest absolute Gasteiger partial charge is 0.393 e. The number of alkyl halides is 3. The first-order chi connectivity index (χ1) is 9.86. The van der Waals surface area contributed by atoms with E-state index in [1.54, 1.807) is 24.3 Å². The molecule has 1 aromatic rings. The minimum Gasteiger partial charge on any atom is -0.484 e. The Bertz CT molecular complexity index is 488. The number of hydrogen-bond acceptors (Lipinski definition) is 3. The molecule has 1 unspecified atom stereocenters. The average Bonchev–Trinajstić information content (AvgIpc) is 2.45. The standard InChI is InChI=1S/C14H17F3N2O2/c15-14(16,17)10-2-1-7-19(8-10)13(20)9-21-12-5-3-11(18)4-6-12/h3-6,10H,1-2,7-9,18H2. The van der Waals surface area contributed by atoms with Crippen LogP contribution in [0.5, 0.6) is 5.75 Å². The largest absolute Gasteiger partial charge is 0.484 e. The molecule has 2 rings (SSSR count). The van der Waals surface area contributed by atoms with Crippen molar-refractivity contribution in [3.8, 4) is 5.75 Å². The van der Waals surface area contributed by atoms with E-state index in [-0.39, 0.29) is 19.6 Å². The number of anilines is 1. The van der Waals surface area contributed by atoms with E-state index in [1.165, 1.54) is 4.90 Å². The summed E-state index contributed by atoms with van der Waals surface area (Å²) < 4.78 is 43.3. The van der Waals surface area contributed by atoms with Crippen molar-refractivity contribution >= 4 is 11.6 Å². The molecule has 116 valence electrons. The summed E-state index contributed by atoms with van der Waals surface area (Å²) in [5.74, 6) is -1.41. The van der Waals surface area contributed by atoms with Crippen LogP contribution < -0.4 is 10.5 Å². The van der Waals surface area contributed by atoms with Crippen molar-refractivity contribution < 1.29 is 22.7 Å². The number of rotatable bonds is 3. The van der Waals surface area contributed by atoms with Gasteiger partial charge in [0.05, 0.1) is 5.92 Å². The zero-order valence-electron chi connectivity index (χ0n) is 11.4. The lowest BCUT2D eigenvalue weighted by molar-refractivity contribution is -0.188. The number of nitrogens with zero attached hydrogens (tertiary/aromatic N) is 1. The molecule has 1 saturated heterocycles. The van der Waals surface area contributed by atoms with Gasteiger partial charge in [-0.15, -0.1) is 0 Å². The molecule has 2 N–H and O–H groups in total. The molecular formula is C14H17F3N2O2. The quantitative estimate of drug-likeness (QED) is 0.873. The van der Waals surface area contributed by atoms with E-state index in [9.17, 15) is 18.0 Å². The summed E-state index contributed by atoms with van der Waals surface area (Å²) >= 11 is 0. The number of nitrogens with two attached hydrogens (primary N) is 1. The molecule has 21 heavy (non-hydrogen) atoms. The zero-order chi connectivity index (χ0) is 15.5. The Labute approximate surface area is 120 Å². The van der Waals surface area contributed by atoms with Crippen LogP contribution in [0.4, 0.5) is 18.9 Å². The molecule has 1 aliphatic rings. The number of carbonyl (C=O) groups excluding carboxylic acids is 1. The average molecular weight is 302 g/mol. The highest BCUT2D eigenvalue weighted by molar-refractivity contribution is 5.77. The van der Waals surface area contributed by atoms with Crippen LogP contribution >= 0.6 is 0 Å². The normalized spacial score (nSPS) is 19.4. The second-order valence-corrected chi connectivity index (χ2v) is 5.08. The van der Waals surface area contributed by atoms with Crippen LogP contribution in [-0.2, 0) is 4.79 Å². The van der Waals surface area contributed by atoms with E-state index in [0.717, 1.165) is 0 Å². The van der Waals surface area contributed by atoms with Gasteiger partial charge in [0, 0.05) is 18.8 Å². The lowest BCUT2D eigenvalue weighted by Gasteiger charge is -2.33. The van der Waals surface area contributed by atoms with E-state index in [4.69, 9.17) is 10.5 Å². The highest BCUT2D eigenvalue weighted by atomic mass is 19.4. The fraction of sp³-hybridized carbons (Fsp3) is 0.500. The van der Waals surface area contributed by atoms with Gasteiger partial charge in [0.2, 0.25) is 0 Å². The highest BCUT2D eigenvalue weighted by Crippen LogP contribution is 2.33. The second-order valence-electron chi connectivity index (χ2n) is 5.08. The van der Waals surface area contributed by atoms with Crippen LogP contribution in [0, 0.1) is 5.92 Å². The fourth-order valence-corrected chi connectivity index (χ4v) is 2.27. The molecule has 0 aliphatic carbocycles. The summed E-state index contributed by atoms with van der Waals surface area (Å²) in [7, 11) is 0. The summed E-state index contributed by atoms with van der Waals surface area (Å²) in [4.78, 5) is 13.1. The van der Waals surface area contributed by atoms with Crippen molar-refractivity contribution in [3.63, 3.8) is 0 Å². The van der Waals surface area contributed by atoms with Crippen molar-refractivity contribution in [3.05, 3.63) is 24.3 Å². The lowest BCUT2D eigenvalue weighted by atomic mass is 9.97. The van der Waals surface area contributed by atoms with E-state index >= 15 is 0 Å². The molecule has 1 atom stereocenters. The first-order valence-corrected chi connectivity index (χ1v) is 6.69. The minimum absolute atomic E-state index is 0.0755. The van der Waals surface area contributed by atoms with Crippen LogP contribution in [0.2, 0.25) is 0 Å². The number of amides is 1. The van der Waals surface area contributed by atoms with Crippen molar-refractivity contribution in [1.29, 1.82) is 0 Å². The van der Waals surface area contributed by atoms with Crippen LogP contribution in [0.3, 0.4) is 0 Å². The van der Waals surface area contributed by atoms with Crippen LogP contribution in [-0.4, -0.2) is 36.7 Å². The SMILES string of the molecule is Nc1ccc(OCC(=O)N2CCCC(C(F)(F)F)C2)cc1. The molecule has 1 aliphatic heterocycles. The van der Waals surface area contributed by atoms with Crippen LogP contribution in [0.1, 0.15) is 12.8 Å². The Morgan fingerprint density at radius 2 is 2.00 bits per heavy atom. The minimum atomic E-state index is -4.25. The summed E-state index contributed by atoms with van der Waals surface area (Å²) in [5, 5.41) is 0. The van der Waals surface area contributed by atoms with Gasteiger partial charge in [-0.2, -0.15) is 13.2 Å². The molecule has 7 heteroatoms. The Morgan fingerprint density at radius 3 is 2.62 bits per heavy atom. The maximum absolute atomic E-state index is 12.7.